The summed E-state index contributed by atoms with van der Waals surface area (Å²) in [5.74, 6) is -0.757. The number of aromatic nitrogens is 4. The van der Waals surface area contributed by atoms with E-state index in [1.165, 1.54) is 30.3 Å². The predicted octanol–water partition coefficient (Wildman–Crippen LogP) is 4.90. The van der Waals surface area contributed by atoms with Crippen LogP contribution in [0.1, 0.15) is 11.7 Å². The normalized spacial score (nSPS) is 11.7. The van der Waals surface area contributed by atoms with Crippen molar-refractivity contribution < 1.29 is 22.6 Å². The van der Waals surface area contributed by atoms with Crippen LogP contribution in [0.3, 0.4) is 0 Å². The number of benzene rings is 2. The first kappa shape index (κ1) is 19.8. The number of thioether (sulfide) groups is 1. The Kier molecular flexibility index (Phi) is 5.08. The fourth-order valence-corrected chi connectivity index (χ4v) is 3.43. The molecule has 0 unspecified atom stereocenters. The van der Waals surface area contributed by atoms with Crippen molar-refractivity contribution in [3.63, 3.8) is 0 Å². The van der Waals surface area contributed by atoms with Gasteiger partial charge in [0.25, 0.3) is 5.69 Å². The molecule has 0 radical (unpaired) electrons. The number of fused-ring (bicyclic) bond motifs is 1. The van der Waals surface area contributed by atoms with Crippen LogP contribution in [-0.4, -0.2) is 25.0 Å². The molecule has 0 atom stereocenters. The second-order valence-electron chi connectivity index (χ2n) is 5.97. The molecule has 12 heteroatoms. The molecular formula is C18H10F3N5O3S. The Morgan fingerprint density at radius 1 is 1.03 bits per heavy atom. The van der Waals surface area contributed by atoms with Crippen LogP contribution in [-0.2, 0) is 11.9 Å². The maximum absolute atomic E-state index is 13.1. The molecule has 4 rings (SSSR count). The first-order valence-electron chi connectivity index (χ1n) is 8.35. The smallest absolute Gasteiger partial charge is 0.338 e. The van der Waals surface area contributed by atoms with Crippen molar-refractivity contribution >= 4 is 28.4 Å². The molecule has 0 fully saturated rings. The van der Waals surface area contributed by atoms with Crippen LogP contribution < -0.4 is 0 Å². The minimum atomic E-state index is -4.67. The van der Waals surface area contributed by atoms with Crippen molar-refractivity contribution in [2.45, 2.75) is 17.0 Å². The Balaban J connectivity index is 1.57. The summed E-state index contributed by atoms with van der Waals surface area (Å²) in [6, 6.07) is 12.0. The highest BCUT2D eigenvalue weighted by Gasteiger charge is 2.35. The molecule has 0 aliphatic carbocycles. The quantitative estimate of drug-likeness (QED) is 0.189. The van der Waals surface area contributed by atoms with E-state index in [2.05, 4.69) is 20.1 Å². The molecular weight excluding hydrogens is 423 g/mol. The molecule has 0 aliphatic rings. The van der Waals surface area contributed by atoms with Gasteiger partial charge >= 0.3 is 6.18 Å². The number of alkyl halides is 3. The van der Waals surface area contributed by atoms with Crippen molar-refractivity contribution in [1.29, 1.82) is 0 Å². The van der Waals surface area contributed by atoms with Gasteiger partial charge in [-0.05, 0) is 18.2 Å². The molecule has 0 amide bonds. The highest BCUT2D eigenvalue weighted by atomic mass is 32.2. The second-order valence-corrected chi connectivity index (χ2v) is 6.94. The first-order chi connectivity index (χ1) is 14.3. The number of halogens is 3. The van der Waals surface area contributed by atoms with Crippen molar-refractivity contribution in [3.8, 4) is 11.4 Å². The van der Waals surface area contributed by atoms with Crippen molar-refractivity contribution in [2.75, 3.05) is 0 Å². The molecule has 0 bridgehead atoms. The zero-order chi connectivity index (χ0) is 21.3. The lowest BCUT2D eigenvalue weighted by Crippen LogP contribution is -2.11. The Morgan fingerprint density at radius 3 is 2.47 bits per heavy atom. The van der Waals surface area contributed by atoms with E-state index in [1.54, 1.807) is 18.2 Å². The number of nitro groups is 1. The van der Waals surface area contributed by atoms with Crippen molar-refractivity contribution in [3.05, 3.63) is 70.4 Å². The van der Waals surface area contributed by atoms with Gasteiger partial charge in [-0.15, -0.1) is 0 Å². The van der Waals surface area contributed by atoms with Gasteiger partial charge in [-0.1, -0.05) is 35.1 Å². The van der Waals surface area contributed by atoms with Gasteiger partial charge in [-0.25, -0.2) is 9.97 Å². The van der Waals surface area contributed by atoms with E-state index in [-0.39, 0.29) is 33.7 Å². The molecule has 2 heterocycles. The van der Waals surface area contributed by atoms with E-state index in [4.69, 9.17) is 4.52 Å². The fraction of sp³-hybridized carbons (Fsp3) is 0.111. The molecule has 2 aromatic heterocycles. The minimum absolute atomic E-state index is 0.0749. The number of hydrogen-bond donors (Lipinski definition) is 0. The average molecular weight is 433 g/mol. The Hall–Kier alpha value is -3.54. The molecule has 0 aliphatic heterocycles. The Labute approximate surface area is 170 Å². The van der Waals surface area contributed by atoms with Crippen molar-refractivity contribution in [1.82, 2.24) is 20.1 Å². The number of para-hydroxylation sites is 1. The summed E-state index contributed by atoms with van der Waals surface area (Å²) in [4.78, 5) is 21.6. The van der Waals surface area contributed by atoms with Gasteiger partial charge in [0, 0.05) is 23.1 Å². The van der Waals surface area contributed by atoms with E-state index in [0.29, 0.717) is 10.9 Å². The molecule has 0 saturated heterocycles. The van der Waals surface area contributed by atoms with Crippen molar-refractivity contribution in [2.24, 2.45) is 0 Å². The van der Waals surface area contributed by atoms with Gasteiger partial charge in [0.1, 0.15) is 5.03 Å². The maximum atomic E-state index is 13.1. The van der Waals surface area contributed by atoms with Gasteiger partial charge in [-0.2, -0.15) is 18.2 Å². The van der Waals surface area contributed by atoms with Gasteiger partial charge in [0.2, 0.25) is 17.5 Å². The number of non-ortho nitro benzene ring substituents is 1. The third kappa shape index (κ3) is 4.08. The standard InChI is InChI=1S/C18H10F3N5O3S/c19-18(20,21)17-22-13-4-2-1-3-12(13)16(24-17)30-9-14-23-15(25-29-14)10-5-7-11(8-6-10)26(27)28/h1-8H,9H2. The molecule has 152 valence electrons. The SMILES string of the molecule is O=[N+]([O-])c1ccc(-c2noc(CSc3nc(C(F)(F)F)nc4ccccc34)n2)cc1. The van der Waals surface area contributed by atoms with Crippen LogP contribution in [0.4, 0.5) is 18.9 Å². The van der Waals surface area contributed by atoms with Gasteiger partial charge in [-0.3, -0.25) is 10.1 Å². The molecule has 2 aromatic carbocycles. The van der Waals surface area contributed by atoms with Crippen LogP contribution >= 0.6 is 11.8 Å². The summed E-state index contributed by atoms with van der Waals surface area (Å²) in [5, 5.41) is 15.2. The van der Waals surface area contributed by atoms with E-state index in [1.807, 2.05) is 0 Å². The fourth-order valence-electron chi connectivity index (χ4n) is 2.58. The first-order valence-corrected chi connectivity index (χ1v) is 9.34. The molecule has 30 heavy (non-hydrogen) atoms. The molecule has 4 aromatic rings. The predicted molar refractivity (Wildman–Crippen MR) is 100 cm³/mol. The van der Waals surface area contributed by atoms with E-state index in [9.17, 15) is 23.3 Å². The number of hydrogen-bond acceptors (Lipinski definition) is 8. The average Bonchev–Trinajstić information content (AvgIpc) is 3.20. The highest BCUT2D eigenvalue weighted by Crippen LogP contribution is 2.33. The van der Waals surface area contributed by atoms with Crippen LogP contribution in [0.5, 0.6) is 0 Å². The van der Waals surface area contributed by atoms with Crippen LogP contribution in [0.15, 0.2) is 58.1 Å². The van der Waals surface area contributed by atoms with Gasteiger partial charge in [0.05, 0.1) is 16.2 Å². The lowest BCUT2D eigenvalue weighted by Gasteiger charge is -2.09. The topological polar surface area (TPSA) is 108 Å². The molecule has 0 spiro atoms. The number of rotatable bonds is 5. The number of nitrogens with zero attached hydrogens (tertiary/aromatic N) is 5. The third-order valence-electron chi connectivity index (χ3n) is 3.96. The van der Waals surface area contributed by atoms with E-state index < -0.39 is 16.9 Å². The van der Waals surface area contributed by atoms with Crippen LogP contribution in [0.2, 0.25) is 0 Å². The summed E-state index contributed by atoms with van der Waals surface area (Å²) >= 11 is 1.01. The van der Waals surface area contributed by atoms with E-state index >= 15 is 0 Å². The summed E-state index contributed by atoms with van der Waals surface area (Å²) in [7, 11) is 0. The molecule has 0 saturated carbocycles. The van der Waals surface area contributed by atoms with Gasteiger partial charge in [0.15, 0.2) is 0 Å². The monoisotopic (exact) mass is 433 g/mol. The summed E-state index contributed by atoms with van der Waals surface area (Å²) < 4.78 is 44.5. The zero-order valence-corrected chi connectivity index (χ0v) is 15.6. The third-order valence-corrected chi connectivity index (χ3v) is 4.93. The summed E-state index contributed by atoms with van der Waals surface area (Å²) in [5.41, 5.74) is 0.612. The summed E-state index contributed by atoms with van der Waals surface area (Å²) in [6.07, 6.45) is -4.67. The highest BCUT2D eigenvalue weighted by molar-refractivity contribution is 7.98. The summed E-state index contributed by atoms with van der Waals surface area (Å²) in [6.45, 7) is 0. The van der Waals surface area contributed by atoms with Crippen LogP contribution in [0.25, 0.3) is 22.3 Å². The maximum Gasteiger partial charge on any atom is 0.451 e. The molecule has 8 nitrogen and oxygen atoms in total. The lowest BCUT2D eigenvalue weighted by atomic mass is 10.2. The number of nitro benzene ring substituents is 1. The van der Waals surface area contributed by atoms with Crippen LogP contribution in [0, 0.1) is 10.1 Å². The zero-order valence-electron chi connectivity index (χ0n) is 14.8. The lowest BCUT2D eigenvalue weighted by molar-refractivity contribution is -0.384. The second kappa shape index (κ2) is 7.71. The Bertz CT molecular complexity index is 1230. The van der Waals surface area contributed by atoms with E-state index in [0.717, 1.165) is 11.8 Å². The minimum Gasteiger partial charge on any atom is -0.338 e. The largest absolute Gasteiger partial charge is 0.451 e. The Morgan fingerprint density at radius 2 is 1.77 bits per heavy atom. The van der Waals surface area contributed by atoms with Gasteiger partial charge < -0.3 is 4.52 Å². The molecule has 0 N–H and O–H groups in total.